The van der Waals surface area contributed by atoms with E-state index in [4.69, 9.17) is 4.74 Å². The predicted molar refractivity (Wildman–Crippen MR) is 104 cm³/mol. The summed E-state index contributed by atoms with van der Waals surface area (Å²) in [5.41, 5.74) is -0.412. The number of benzene rings is 2. The molecule has 0 aliphatic heterocycles. The number of sulfonamides is 1. The highest BCUT2D eigenvalue weighted by molar-refractivity contribution is 7.98. The van der Waals surface area contributed by atoms with Crippen molar-refractivity contribution in [2.24, 2.45) is 0 Å². The van der Waals surface area contributed by atoms with Crippen LogP contribution in [0.25, 0.3) is 0 Å². The maximum Gasteiger partial charge on any atom is 0.312 e. The first-order chi connectivity index (χ1) is 12.7. The van der Waals surface area contributed by atoms with E-state index in [1.54, 1.807) is 23.9 Å². The molecule has 0 saturated carbocycles. The number of nitro benzene ring substituents is 1. The molecule has 27 heavy (non-hydrogen) atoms. The molecular formula is C17H22N3O5S2+. The Morgan fingerprint density at radius 1 is 1.19 bits per heavy atom. The van der Waals surface area contributed by atoms with Gasteiger partial charge in [-0.15, -0.1) is 11.8 Å². The van der Waals surface area contributed by atoms with Crippen LogP contribution in [0.3, 0.4) is 0 Å². The van der Waals surface area contributed by atoms with E-state index in [-0.39, 0.29) is 17.2 Å². The number of nitrogens with zero attached hydrogens (tertiary/aromatic N) is 1. The summed E-state index contributed by atoms with van der Waals surface area (Å²) in [6.45, 7) is 0.826. The van der Waals surface area contributed by atoms with Crippen molar-refractivity contribution >= 4 is 27.5 Å². The number of nitrogens with one attached hydrogen (secondary N) is 2. The van der Waals surface area contributed by atoms with Gasteiger partial charge in [0.05, 0.1) is 37.0 Å². The number of thioether (sulfide) groups is 1. The minimum atomic E-state index is -3.84. The Morgan fingerprint density at radius 2 is 1.85 bits per heavy atom. The van der Waals surface area contributed by atoms with Gasteiger partial charge in [-0.3, -0.25) is 10.1 Å². The van der Waals surface area contributed by atoms with Gasteiger partial charge in [0.15, 0.2) is 0 Å². The summed E-state index contributed by atoms with van der Waals surface area (Å²) >= 11 is 1.57. The van der Waals surface area contributed by atoms with Gasteiger partial charge in [-0.2, -0.15) is 0 Å². The molecule has 8 nitrogen and oxygen atoms in total. The molecule has 0 aliphatic carbocycles. The Hall–Kier alpha value is -2.14. The molecule has 2 N–H and O–H groups in total. The highest BCUT2D eigenvalue weighted by Gasteiger charge is 2.22. The predicted octanol–water partition coefficient (Wildman–Crippen LogP) is 1.53. The van der Waals surface area contributed by atoms with Crippen LogP contribution in [-0.2, 0) is 10.0 Å². The van der Waals surface area contributed by atoms with Crippen LogP contribution in [-0.4, -0.2) is 46.8 Å². The molecule has 0 saturated heterocycles. The van der Waals surface area contributed by atoms with Gasteiger partial charge in [-0.25, -0.2) is 13.1 Å². The smallest absolute Gasteiger partial charge is 0.312 e. The molecule has 0 radical (unpaired) electrons. The number of quaternary nitrogens is 1. The lowest BCUT2D eigenvalue weighted by Crippen LogP contribution is -3.06. The molecule has 0 unspecified atom stereocenters. The number of nitro groups is 1. The van der Waals surface area contributed by atoms with Gasteiger partial charge >= 0.3 is 5.69 Å². The van der Waals surface area contributed by atoms with Crippen LogP contribution < -0.4 is 14.4 Å². The molecule has 0 aromatic heterocycles. The molecule has 0 heterocycles. The fraction of sp³-hybridized carbons (Fsp3) is 0.294. The van der Waals surface area contributed by atoms with Crippen LogP contribution in [0.5, 0.6) is 11.5 Å². The molecule has 0 aliphatic rings. The van der Waals surface area contributed by atoms with E-state index in [0.29, 0.717) is 12.3 Å². The molecule has 0 fully saturated rings. The molecule has 0 spiro atoms. The summed E-state index contributed by atoms with van der Waals surface area (Å²) in [4.78, 5) is 12.7. The largest absolute Gasteiger partial charge is 0.450 e. The SMILES string of the molecule is CSc1ccc(Oc2ccc(S(=O)(=O)NCC[NH+](C)C)cc2[N+](=O)[O-])cc1. The van der Waals surface area contributed by atoms with Gasteiger partial charge in [0.25, 0.3) is 0 Å². The zero-order valence-electron chi connectivity index (χ0n) is 15.3. The van der Waals surface area contributed by atoms with Gasteiger partial charge in [0.2, 0.25) is 15.8 Å². The number of hydrogen-bond donors (Lipinski definition) is 2. The molecule has 2 aromatic rings. The topological polar surface area (TPSA) is 103 Å². The normalized spacial score (nSPS) is 11.6. The second kappa shape index (κ2) is 9.18. The van der Waals surface area contributed by atoms with Crippen molar-refractivity contribution < 1.29 is 23.0 Å². The van der Waals surface area contributed by atoms with Crippen LogP contribution in [0.2, 0.25) is 0 Å². The fourth-order valence-electron chi connectivity index (χ4n) is 2.18. The first kappa shape index (κ1) is 21.2. The van der Waals surface area contributed by atoms with Gasteiger partial charge in [-0.05, 0) is 42.7 Å². The van der Waals surface area contributed by atoms with Crippen molar-refractivity contribution in [3.63, 3.8) is 0 Å². The minimum Gasteiger partial charge on any atom is -0.450 e. The minimum absolute atomic E-state index is 0.0198. The molecule has 0 atom stereocenters. The zero-order valence-corrected chi connectivity index (χ0v) is 16.9. The highest BCUT2D eigenvalue weighted by atomic mass is 32.2. The first-order valence-corrected chi connectivity index (χ1v) is 10.8. The van der Waals surface area contributed by atoms with Crippen LogP contribution in [0, 0.1) is 10.1 Å². The molecular weight excluding hydrogens is 390 g/mol. The third kappa shape index (κ3) is 5.93. The lowest BCUT2D eigenvalue weighted by molar-refractivity contribution is -0.856. The second-order valence-corrected chi connectivity index (χ2v) is 8.67. The van der Waals surface area contributed by atoms with Crippen LogP contribution in [0.15, 0.2) is 52.3 Å². The Balaban J connectivity index is 2.26. The van der Waals surface area contributed by atoms with Gasteiger partial charge in [-0.1, -0.05) is 0 Å². The van der Waals surface area contributed by atoms with E-state index >= 15 is 0 Å². The molecule has 2 aromatic carbocycles. The van der Waals surface area contributed by atoms with E-state index in [9.17, 15) is 18.5 Å². The zero-order chi connectivity index (χ0) is 20.0. The van der Waals surface area contributed by atoms with Crippen LogP contribution in [0.1, 0.15) is 0 Å². The third-order valence-electron chi connectivity index (χ3n) is 3.64. The number of hydrogen-bond acceptors (Lipinski definition) is 6. The Bertz CT molecular complexity index is 899. The van der Waals surface area contributed by atoms with Gasteiger partial charge < -0.3 is 9.64 Å². The van der Waals surface area contributed by atoms with Gasteiger partial charge in [0, 0.05) is 11.0 Å². The Kier molecular flexibility index (Phi) is 7.19. The standard InChI is InChI=1S/C17H21N3O5S2/c1-19(2)11-10-18-27(23,24)15-8-9-17(16(12-15)20(21)22)25-13-4-6-14(26-3)7-5-13/h4-9,12,18H,10-11H2,1-3H3/p+1. The number of likely N-dealkylation sites (N-methyl/N-ethyl adjacent to an activating group) is 1. The molecule has 0 amide bonds. The summed E-state index contributed by atoms with van der Waals surface area (Å²) in [6.07, 6.45) is 1.94. The quantitative estimate of drug-likeness (QED) is 0.368. The van der Waals surface area contributed by atoms with Gasteiger partial charge in [0.1, 0.15) is 5.75 Å². The lowest BCUT2D eigenvalue weighted by Gasteiger charge is -2.11. The Morgan fingerprint density at radius 3 is 2.41 bits per heavy atom. The molecule has 2 rings (SSSR count). The van der Waals surface area contributed by atoms with Crippen molar-refractivity contribution in [2.75, 3.05) is 33.4 Å². The number of rotatable bonds is 9. The lowest BCUT2D eigenvalue weighted by atomic mass is 10.3. The summed E-state index contributed by atoms with van der Waals surface area (Å²) in [7, 11) is -0.0371. The Labute approximate surface area is 162 Å². The molecule has 0 bridgehead atoms. The van der Waals surface area contributed by atoms with Crippen molar-refractivity contribution in [3.8, 4) is 11.5 Å². The highest BCUT2D eigenvalue weighted by Crippen LogP contribution is 2.33. The fourth-order valence-corrected chi connectivity index (χ4v) is 3.64. The average Bonchev–Trinajstić information content (AvgIpc) is 2.62. The molecule has 146 valence electrons. The summed E-state index contributed by atoms with van der Waals surface area (Å²) in [6, 6.07) is 10.7. The maximum atomic E-state index is 12.3. The van der Waals surface area contributed by atoms with Crippen molar-refractivity contribution in [1.82, 2.24) is 4.72 Å². The molecule has 10 heteroatoms. The van der Waals surface area contributed by atoms with Crippen molar-refractivity contribution in [2.45, 2.75) is 9.79 Å². The number of ether oxygens (including phenoxy) is 1. The van der Waals surface area contributed by atoms with Crippen LogP contribution in [0.4, 0.5) is 5.69 Å². The van der Waals surface area contributed by atoms with Crippen molar-refractivity contribution in [3.05, 3.63) is 52.6 Å². The average molecular weight is 413 g/mol. The first-order valence-electron chi connectivity index (χ1n) is 8.12. The van der Waals surface area contributed by atoms with Crippen LogP contribution >= 0.6 is 11.8 Å². The van der Waals surface area contributed by atoms with E-state index in [0.717, 1.165) is 15.9 Å². The van der Waals surface area contributed by atoms with E-state index < -0.39 is 20.6 Å². The van der Waals surface area contributed by atoms with Crippen molar-refractivity contribution in [1.29, 1.82) is 0 Å². The maximum absolute atomic E-state index is 12.3. The van der Waals surface area contributed by atoms with E-state index in [2.05, 4.69) is 4.72 Å². The van der Waals surface area contributed by atoms with E-state index in [1.165, 1.54) is 12.1 Å². The monoisotopic (exact) mass is 412 g/mol. The summed E-state index contributed by atoms with van der Waals surface area (Å²) < 4.78 is 32.7. The third-order valence-corrected chi connectivity index (χ3v) is 5.84. The summed E-state index contributed by atoms with van der Waals surface area (Å²) in [5.74, 6) is 0.409. The van der Waals surface area contributed by atoms with E-state index in [1.807, 2.05) is 32.5 Å². The second-order valence-electron chi connectivity index (χ2n) is 6.02. The summed E-state index contributed by atoms with van der Waals surface area (Å²) in [5, 5.41) is 11.4.